The SMILES string of the molecule is CCc1ccc(C(Cl)c2csc3c(Br)cccc23)o1. The van der Waals surface area contributed by atoms with E-state index in [-0.39, 0.29) is 5.38 Å². The highest BCUT2D eigenvalue weighted by molar-refractivity contribution is 9.10. The molecule has 1 atom stereocenters. The van der Waals surface area contributed by atoms with Crippen LogP contribution in [-0.4, -0.2) is 0 Å². The second-order valence-corrected chi connectivity index (χ2v) is 6.50. The van der Waals surface area contributed by atoms with Crippen LogP contribution in [0.3, 0.4) is 0 Å². The van der Waals surface area contributed by atoms with Gasteiger partial charge in [-0.15, -0.1) is 22.9 Å². The lowest BCUT2D eigenvalue weighted by molar-refractivity contribution is 0.475. The van der Waals surface area contributed by atoms with E-state index < -0.39 is 0 Å². The third kappa shape index (κ3) is 2.35. The maximum atomic E-state index is 6.57. The zero-order chi connectivity index (χ0) is 13.4. The van der Waals surface area contributed by atoms with Gasteiger partial charge >= 0.3 is 0 Å². The molecule has 4 heteroatoms. The summed E-state index contributed by atoms with van der Waals surface area (Å²) in [5, 5.41) is 3.07. The topological polar surface area (TPSA) is 13.1 Å². The molecule has 98 valence electrons. The van der Waals surface area contributed by atoms with Crippen LogP contribution in [0.15, 0.2) is 44.6 Å². The molecular formula is C15H12BrClOS. The summed E-state index contributed by atoms with van der Waals surface area (Å²) in [5.74, 6) is 1.79. The van der Waals surface area contributed by atoms with Crippen molar-refractivity contribution in [2.24, 2.45) is 0 Å². The van der Waals surface area contributed by atoms with E-state index >= 15 is 0 Å². The molecule has 0 spiro atoms. The fourth-order valence-corrected chi connectivity index (χ4v) is 4.13. The molecule has 0 saturated heterocycles. The highest BCUT2D eigenvalue weighted by Gasteiger charge is 2.19. The highest BCUT2D eigenvalue weighted by atomic mass is 79.9. The van der Waals surface area contributed by atoms with Crippen molar-refractivity contribution in [2.45, 2.75) is 18.7 Å². The van der Waals surface area contributed by atoms with E-state index in [0.717, 1.165) is 28.0 Å². The summed E-state index contributed by atoms with van der Waals surface area (Å²) in [6, 6.07) is 10.2. The smallest absolute Gasteiger partial charge is 0.126 e. The molecule has 2 heterocycles. The molecule has 0 aliphatic rings. The highest BCUT2D eigenvalue weighted by Crippen LogP contribution is 2.40. The van der Waals surface area contributed by atoms with Gasteiger partial charge < -0.3 is 4.42 Å². The molecule has 3 aromatic rings. The molecule has 0 radical (unpaired) electrons. The van der Waals surface area contributed by atoms with Crippen LogP contribution in [0, 0.1) is 0 Å². The van der Waals surface area contributed by atoms with Gasteiger partial charge in [-0.1, -0.05) is 19.1 Å². The van der Waals surface area contributed by atoms with Crippen LogP contribution in [0.2, 0.25) is 0 Å². The zero-order valence-electron chi connectivity index (χ0n) is 10.3. The normalized spacial score (nSPS) is 13.0. The monoisotopic (exact) mass is 354 g/mol. The average Bonchev–Trinajstić information content (AvgIpc) is 3.05. The molecule has 0 bridgehead atoms. The van der Waals surface area contributed by atoms with E-state index in [4.69, 9.17) is 16.0 Å². The maximum Gasteiger partial charge on any atom is 0.126 e. The first kappa shape index (κ1) is 13.2. The number of thiophene rings is 1. The second kappa shape index (κ2) is 5.31. The van der Waals surface area contributed by atoms with Gasteiger partial charge in [-0.25, -0.2) is 0 Å². The molecule has 0 saturated carbocycles. The van der Waals surface area contributed by atoms with Gasteiger partial charge in [0.1, 0.15) is 16.9 Å². The molecule has 0 aliphatic carbocycles. The first-order chi connectivity index (χ1) is 9.20. The summed E-state index contributed by atoms with van der Waals surface area (Å²) >= 11 is 11.9. The first-order valence-corrected chi connectivity index (χ1v) is 8.20. The number of aryl methyl sites for hydroxylation is 1. The number of rotatable bonds is 3. The Morgan fingerprint density at radius 3 is 2.89 bits per heavy atom. The van der Waals surface area contributed by atoms with Crippen LogP contribution in [0.1, 0.15) is 29.4 Å². The van der Waals surface area contributed by atoms with Crippen LogP contribution in [0.5, 0.6) is 0 Å². The van der Waals surface area contributed by atoms with E-state index in [1.54, 1.807) is 11.3 Å². The number of halogens is 2. The molecule has 0 fully saturated rings. The van der Waals surface area contributed by atoms with Crippen molar-refractivity contribution < 1.29 is 4.42 Å². The number of hydrogen-bond acceptors (Lipinski definition) is 2. The van der Waals surface area contributed by atoms with Crippen LogP contribution >= 0.6 is 38.9 Å². The van der Waals surface area contributed by atoms with E-state index in [1.807, 2.05) is 24.3 Å². The molecule has 1 nitrogen and oxygen atoms in total. The van der Waals surface area contributed by atoms with Gasteiger partial charge in [0, 0.05) is 15.6 Å². The van der Waals surface area contributed by atoms with Gasteiger partial charge in [-0.3, -0.25) is 0 Å². The van der Waals surface area contributed by atoms with Gasteiger partial charge in [0.25, 0.3) is 0 Å². The van der Waals surface area contributed by atoms with Crippen molar-refractivity contribution in [3.05, 3.63) is 57.3 Å². The predicted octanol–water partition coefficient (Wildman–Crippen LogP) is 6.15. The summed E-state index contributed by atoms with van der Waals surface area (Å²) in [6.07, 6.45) is 0.888. The van der Waals surface area contributed by atoms with Crippen molar-refractivity contribution in [3.8, 4) is 0 Å². The predicted molar refractivity (Wildman–Crippen MR) is 85.3 cm³/mol. The summed E-state index contributed by atoms with van der Waals surface area (Å²) in [4.78, 5) is 0. The molecular weight excluding hydrogens is 344 g/mol. The molecule has 19 heavy (non-hydrogen) atoms. The van der Waals surface area contributed by atoms with E-state index in [2.05, 4.69) is 34.3 Å². The molecule has 1 aromatic carbocycles. The number of hydrogen-bond donors (Lipinski definition) is 0. The number of furan rings is 1. The molecule has 0 N–H and O–H groups in total. The van der Waals surface area contributed by atoms with Gasteiger partial charge in [0.2, 0.25) is 0 Å². The van der Waals surface area contributed by atoms with Crippen molar-refractivity contribution in [3.63, 3.8) is 0 Å². The van der Waals surface area contributed by atoms with Crippen LogP contribution in [-0.2, 0) is 6.42 Å². The standard InChI is InChI=1S/C15H12BrClOS/c1-2-9-6-7-13(18-9)14(17)11-8-19-15-10(11)4-3-5-12(15)16/h3-8,14H,2H2,1H3. The molecule has 0 amide bonds. The Hall–Kier alpha value is -0.770. The fourth-order valence-electron chi connectivity index (χ4n) is 2.11. The zero-order valence-corrected chi connectivity index (χ0v) is 13.5. The largest absolute Gasteiger partial charge is 0.464 e. The third-order valence-electron chi connectivity index (χ3n) is 3.14. The lowest BCUT2D eigenvalue weighted by Crippen LogP contribution is -1.89. The van der Waals surface area contributed by atoms with Gasteiger partial charge in [0.15, 0.2) is 0 Å². The Kier molecular flexibility index (Phi) is 3.70. The van der Waals surface area contributed by atoms with Gasteiger partial charge in [0.05, 0.1) is 0 Å². The van der Waals surface area contributed by atoms with E-state index in [1.165, 1.54) is 10.1 Å². The van der Waals surface area contributed by atoms with Crippen molar-refractivity contribution in [1.29, 1.82) is 0 Å². The minimum Gasteiger partial charge on any atom is -0.464 e. The quantitative estimate of drug-likeness (QED) is 0.514. The fraction of sp³-hybridized carbons (Fsp3) is 0.200. The second-order valence-electron chi connectivity index (χ2n) is 4.33. The lowest BCUT2D eigenvalue weighted by Gasteiger charge is -2.05. The lowest BCUT2D eigenvalue weighted by atomic mass is 10.1. The molecule has 2 aromatic heterocycles. The van der Waals surface area contributed by atoms with Crippen LogP contribution in [0.4, 0.5) is 0 Å². The summed E-state index contributed by atoms with van der Waals surface area (Å²) in [5.41, 5.74) is 1.11. The maximum absolute atomic E-state index is 6.57. The molecule has 3 rings (SSSR count). The Bertz CT molecular complexity index is 716. The Labute approximate surface area is 129 Å². The molecule has 1 unspecified atom stereocenters. The Morgan fingerprint density at radius 1 is 1.32 bits per heavy atom. The Balaban J connectivity index is 2.06. The van der Waals surface area contributed by atoms with Crippen molar-refractivity contribution in [1.82, 2.24) is 0 Å². The summed E-state index contributed by atoms with van der Waals surface area (Å²) < 4.78 is 8.10. The van der Waals surface area contributed by atoms with E-state index in [9.17, 15) is 0 Å². The number of fused-ring (bicyclic) bond motifs is 1. The van der Waals surface area contributed by atoms with Crippen LogP contribution < -0.4 is 0 Å². The summed E-state index contributed by atoms with van der Waals surface area (Å²) in [6.45, 7) is 2.07. The number of benzene rings is 1. The Morgan fingerprint density at radius 2 is 2.16 bits per heavy atom. The van der Waals surface area contributed by atoms with Crippen molar-refractivity contribution >= 4 is 49.0 Å². The average molecular weight is 356 g/mol. The first-order valence-electron chi connectivity index (χ1n) is 6.09. The van der Waals surface area contributed by atoms with Crippen molar-refractivity contribution in [2.75, 3.05) is 0 Å². The van der Waals surface area contributed by atoms with Gasteiger partial charge in [-0.2, -0.15) is 0 Å². The third-order valence-corrected chi connectivity index (χ3v) is 5.56. The molecule has 0 aliphatic heterocycles. The van der Waals surface area contributed by atoms with Gasteiger partial charge in [-0.05, 0) is 50.5 Å². The summed E-state index contributed by atoms with van der Waals surface area (Å²) in [7, 11) is 0. The van der Waals surface area contributed by atoms with Crippen LogP contribution in [0.25, 0.3) is 10.1 Å². The minimum atomic E-state index is -0.233. The number of alkyl halides is 1. The minimum absolute atomic E-state index is 0.233. The van der Waals surface area contributed by atoms with E-state index in [0.29, 0.717) is 0 Å².